The van der Waals surface area contributed by atoms with Crippen LogP contribution in [0.3, 0.4) is 0 Å². The lowest BCUT2D eigenvalue weighted by Crippen LogP contribution is -2.51. The van der Waals surface area contributed by atoms with Crippen molar-refractivity contribution in [3.63, 3.8) is 0 Å². The van der Waals surface area contributed by atoms with Crippen LogP contribution in [0.25, 0.3) is 0 Å². The van der Waals surface area contributed by atoms with Crippen LogP contribution < -0.4 is 4.31 Å². The van der Waals surface area contributed by atoms with E-state index in [0.717, 1.165) is 16.3 Å². The molecule has 7 nitrogen and oxygen atoms in total. The van der Waals surface area contributed by atoms with E-state index in [4.69, 9.17) is 23.2 Å². The molecule has 0 atom stereocenters. The fourth-order valence-electron chi connectivity index (χ4n) is 3.14. The Morgan fingerprint density at radius 1 is 1.03 bits per heavy atom. The van der Waals surface area contributed by atoms with Gasteiger partial charge < -0.3 is 9.80 Å². The molecule has 0 aliphatic carbocycles. The molecular weight excluding hydrogens is 449 g/mol. The number of rotatable bonds is 6. The van der Waals surface area contributed by atoms with E-state index in [1.165, 1.54) is 30.3 Å². The molecule has 0 bridgehead atoms. The van der Waals surface area contributed by atoms with Crippen molar-refractivity contribution in [2.24, 2.45) is 0 Å². The number of hydrogen-bond acceptors (Lipinski definition) is 4. The number of nitrogens with zero attached hydrogens (tertiary/aromatic N) is 3. The third kappa shape index (κ3) is 5.06. The van der Waals surface area contributed by atoms with E-state index in [9.17, 15) is 18.0 Å². The van der Waals surface area contributed by atoms with Crippen molar-refractivity contribution in [1.29, 1.82) is 0 Å². The van der Waals surface area contributed by atoms with E-state index in [1.807, 2.05) is 6.92 Å². The minimum Gasteiger partial charge on any atom is -0.342 e. The van der Waals surface area contributed by atoms with Crippen molar-refractivity contribution in [1.82, 2.24) is 9.80 Å². The Morgan fingerprint density at radius 3 is 2.13 bits per heavy atom. The van der Waals surface area contributed by atoms with E-state index in [2.05, 4.69) is 0 Å². The first kappa shape index (κ1) is 22.4. The normalized spacial score (nSPS) is 14.5. The standard InChI is InChI=1S/C20H21Cl2N3O4S/c1-15-2-4-19(5-3-15)30(28,29)25(18-11-16(21)10-17(22)12-18)13-20(27)24-8-6-23(14-26)7-9-24/h2-5,10-12,14H,6-9,13H2,1H3. The highest BCUT2D eigenvalue weighted by atomic mass is 35.5. The number of sulfonamides is 1. The fraction of sp³-hybridized carbons (Fsp3) is 0.300. The summed E-state index contributed by atoms with van der Waals surface area (Å²) in [5.41, 5.74) is 1.11. The van der Waals surface area contributed by atoms with Gasteiger partial charge in [0.2, 0.25) is 12.3 Å². The highest BCUT2D eigenvalue weighted by Gasteiger charge is 2.30. The number of benzene rings is 2. The van der Waals surface area contributed by atoms with Gasteiger partial charge in [0.25, 0.3) is 10.0 Å². The second-order valence-electron chi connectivity index (χ2n) is 6.97. The molecule has 10 heteroatoms. The smallest absolute Gasteiger partial charge is 0.264 e. The monoisotopic (exact) mass is 469 g/mol. The molecule has 1 aliphatic heterocycles. The van der Waals surface area contributed by atoms with Gasteiger partial charge in [0.05, 0.1) is 10.6 Å². The maximum Gasteiger partial charge on any atom is 0.264 e. The molecule has 0 unspecified atom stereocenters. The summed E-state index contributed by atoms with van der Waals surface area (Å²) in [4.78, 5) is 27.0. The second kappa shape index (κ2) is 9.24. The van der Waals surface area contributed by atoms with Crippen LogP contribution in [0.2, 0.25) is 10.0 Å². The predicted octanol–water partition coefficient (Wildman–Crippen LogP) is 2.80. The minimum absolute atomic E-state index is 0.0581. The molecule has 3 rings (SSSR count). The topological polar surface area (TPSA) is 78.0 Å². The molecule has 2 amide bonds. The number of carbonyl (C=O) groups is 2. The van der Waals surface area contributed by atoms with Crippen LogP contribution in [0.1, 0.15) is 5.56 Å². The highest BCUT2D eigenvalue weighted by Crippen LogP contribution is 2.30. The Balaban J connectivity index is 1.94. The molecule has 0 N–H and O–H groups in total. The van der Waals surface area contributed by atoms with E-state index >= 15 is 0 Å². The molecule has 1 fully saturated rings. The van der Waals surface area contributed by atoms with Gasteiger partial charge in [0.15, 0.2) is 0 Å². The number of aryl methyl sites for hydroxylation is 1. The van der Waals surface area contributed by atoms with Crippen molar-refractivity contribution < 1.29 is 18.0 Å². The van der Waals surface area contributed by atoms with Gasteiger partial charge in [-0.2, -0.15) is 0 Å². The summed E-state index contributed by atoms with van der Waals surface area (Å²) >= 11 is 12.2. The van der Waals surface area contributed by atoms with Crippen LogP contribution in [-0.4, -0.2) is 63.3 Å². The zero-order chi connectivity index (χ0) is 21.9. The van der Waals surface area contributed by atoms with E-state index in [-0.39, 0.29) is 26.5 Å². The summed E-state index contributed by atoms with van der Waals surface area (Å²) in [6, 6.07) is 10.8. The maximum absolute atomic E-state index is 13.4. The third-order valence-corrected chi connectivity index (χ3v) is 7.06. The van der Waals surface area contributed by atoms with Crippen molar-refractivity contribution in [2.75, 3.05) is 37.0 Å². The Kier molecular flexibility index (Phi) is 6.90. The third-order valence-electron chi connectivity index (χ3n) is 4.84. The van der Waals surface area contributed by atoms with Crippen molar-refractivity contribution in [3.8, 4) is 0 Å². The van der Waals surface area contributed by atoms with Crippen molar-refractivity contribution in [2.45, 2.75) is 11.8 Å². The zero-order valence-electron chi connectivity index (χ0n) is 16.3. The first-order valence-electron chi connectivity index (χ1n) is 9.23. The Hall–Kier alpha value is -2.29. The molecule has 1 saturated heterocycles. The quantitative estimate of drug-likeness (QED) is 0.609. The molecule has 2 aromatic carbocycles. The number of hydrogen-bond donors (Lipinski definition) is 0. The van der Waals surface area contributed by atoms with Gasteiger partial charge >= 0.3 is 0 Å². The molecule has 1 heterocycles. The Labute approximate surface area is 185 Å². The van der Waals surface area contributed by atoms with Crippen LogP contribution in [0.4, 0.5) is 5.69 Å². The Bertz CT molecular complexity index is 1020. The highest BCUT2D eigenvalue weighted by molar-refractivity contribution is 7.92. The van der Waals surface area contributed by atoms with Gasteiger partial charge in [0.1, 0.15) is 6.54 Å². The first-order valence-corrected chi connectivity index (χ1v) is 11.4. The lowest BCUT2D eigenvalue weighted by molar-refractivity contribution is -0.133. The number of amides is 2. The molecule has 0 saturated carbocycles. The SMILES string of the molecule is Cc1ccc(S(=O)(=O)N(CC(=O)N2CCN(C=O)CC2)c2cc(Cl)cc(Cl)c2)cc1. The molecule has 0 spiro atoms. The number of halogens is 2. The van der Waals surface area contributed by atoms with E-state index in [1.54, 1.807) is 21.9 Å². The summed E-state index contributed by atoms with van der Waals surface area (Å²) in [7, 11) is -4.05. The van der Waals surface area contributed by atoms with E-state index < -0.39 is 16.6 Å². The van der Waals surface area contributed by atoms with Crippen molar-refractivity contribution in [3.05, 3.63) is 58.1 Å². The molecular formula is C20H21Cl2N3O4S. The van der Waals surface area contributed by atoms with Gasteiger partial charge in [-0.05, 0) is 37.3 Å². The summed E-state index contributed by atoms with van der Waals surface area (Å²) in [6.07, 6.45) is 0.740. The largest absolute Gasteiger partial charge is 0.342 e. The lowest BCUT2D eigenvalue weighted by atomic mass is 10.2. The molecule has 30 heavy (non-hydrogen) atoms. The maximum atomic E-state index is 13.4. The first-order chi connectivity index (χ1) is 14.2. The van der Waals surface area contributed by atoms with Gasteiger partial charge in [0, 0.05) is 36.2 Å². The number of anilines is 1. The predicted molar refractivity (Wildman–Crippen MR) is 116 cm³/mol. The minimum atomic E-state index is -4.05. The van der Waals surface area contributed by atoms with Crippen LogP contribution in [0.5, 0.6) is 0 Å². The summed E-state index contributed by atoms with van der Waals surface area (Å²) in [5, 5.41) is 0.516. The van der Waals surface area contributed by atoms with Gasteiger partial charge in [-0.15, -0.1) is 0 Å². The molecule has 2 aromatic rings. The second-order valence-corrected chi connectivity index (χ2v) is 9.71. The molecule has 0 aromatic heterocycles. The van der Waals surface area contributed by atoms with Gasteiger partial charge in [-0.25, -0.2) is 8.42 Å². The fourth-order valence-corrected chi connectivity index (χ4v) is 5.05. The number of carbonyl (C=O) groups excluding carboxylic acids is 2. The molecule has 0 radical (unpaired) electrons. The van der Waals surface area contributed by atoms with Crippen LogP contribution in [0, 0.1) is 6.92 Å². The Morgan fingerprint density at radius 2 is 1.60 bits per heavy atom. The van der Waals surface area contributed by atoms with Gasteiger partial charge in [-0.3, -0.25) is 13.9 Å². The number of piperazine rings is 1. The van der Waals surface area contributed by atoms with Crippen LogP contribution in [0.15, 0.2) is 47.4 Å². The van der Waals surface area contributed by atoms with Crippen LogP contribution in [-0.2, 0) is 19.6 Å². The van der Waals surface area contributed by atoms with Crippen molar-refractivity contribution >= 4 is 51.2 Å². The average molecular weight is 470 g/mol. The summed E-state index contributed by atoms with van der Waals surface area (Å²) < 4.78 is 27.8. The molecule has 1 aliphatic rings. The lowest BCUT2D eigenvalue weighted by Gasteiger charge is -2.34. The zero-order valence-corrected chi connectivity index (χ0v) is 18.6. The summed E-state index contributed by atoms with van der Waals surface area (Å²) in [5.74, 6) is -0.368. The average Bonchev–Trinajstić information content (AvgIpc) is 2.71. The van der Waals surface area contributed by atoms with E-state index in [0.29, 0.717) is 26.2 Å². The molecule has 160 valence electrons. The van der Waals surface area contributed by atoms with Crippen LogP contribution >= 0.6 is 23.2 Å². The summed E-state index contributed by atoms with van der Waals surface area (Å²) in [6.45, 7) is 2.94. The van der Waals surface area contributed by atoms with Gasteiger partial charge in [-0.1, -0.05) is 40.9 Å².